The molecule has 18 heavy (non-hydrogen) atoms. The molecule has 2 rings (SSSR count). The fourth-order valence-corrected chi connectivity index (χ4v) is 2.54. The van der Waals surface area contributed by atoms with E-state index < -0.39 is 17.5 Å². The first-order chi connectivity index (χ1) is 8.45. The molecule has 1 aromatic carbocycles. The lowest BCUT2D eigenvalue weighted by Crippen LogP contribution is -2.34. The van der Waals surface area contributed by atoms with Crippen molar-refractivity contribution in [2.75, 3.05) is 18.1 Å². The van der Waals surface area contributed by atoms with Crippen molar-refractivity contribution in [3.63, 3.8) is 0 Å². The van der Waals surface area contributed by atoms with Crippen molar-refractivity contribution in [1.82, 2.24) is 0 Å². The maximum absolute atomic E-state index is 13.2. The van der Waals surface area contributed by atoms with Gasteiger partial charge in [-0.1, -0.05) is 6.92 Å². The predicted octanol–water partition coefficient (Wildman–Crippen LogP) is 1.75. The van der Waals surface area contributed by atoms with Crippen LogP contribution in [0.15, 0.2) is 16.6 Å². The minimum absolute atomic E-state index is 0.0667. The molecule has 4 nitrogen and oxygen atoms in total. The number of hydrogen-bond acceptors (Lipinski definition) is 3. The third-order valence-electron chi connectivity index (χ3n) is 2.79. The van der Waals surface area contributed by atoms with Gasteiger partial charge in [-0.2, -0.15) is 0 Å². The number of fused-ring (bicyclic) bond motifs is 1. The Balaban J connectivity index is 2.48. The molecule has 1 aliphatic rings. The number of aliphatic hydroxyl groups excluding tert-OH is 1. The summed E-state index contributed by atoms with van der Waals surface area (Å²) in [5, 5.41) is 9.01. The second-order valence-corrected chi connectivity index (χ2v) is 5.17. The van der Waals surface area contributed by atoms with Crippen molar-refractivity contribution < 1.29 is 19.1 Å². The zero-order valence-corrected chi connectivity index (χ0v) is 11.2. The van der Waals surface area contributed by atoms with Gasteiger partial charge < -0.3 is 10.0 Å². The topological polar surface area (TPSA) is 57.6 Å². The van der Waals surface area contributed by atoms with E-state index in [1.54, 1.807) is 6.92 Å². The van der Waals surface area contributed by atoms with E-state index in [1.165, 1.54) is 11.0 Å². The van der Waals surface area contributed by atoms with E-state index in [9.17, 15) is 14.0 Å². The van der Waals surface area contributed by atoms with Gasteiger partial charge in [-0.05, 0) is 34.0 Å². The first-order valence-electron chi connectivity index (χ1n) is 5.41. The number of carbonyl (C=O) groups is 2. The van der Waals surface area contributed by atoms with Crippen LogP contribution >= 0.6 is 15.9 Å². The first kappa shape index (κ1) is 13.2. The van der Waals surface area contributed by atoms with E-state index in [-0.39, 0.29) is 24.6 Å². The summed E-state index contributed by atoms with van der Waals surface area (Å²) in [7, 11) is 0. The number of benzene rings is 1. The van der Waals surface area contributed by atoms with Crippen molar-refractivity contribution in [3.8, 4) is 0 Å². The first-order valence-corrected chi connectivity index (χ1v) is 6.21. The van der Waals surface area contributed by atoms with Crippen LogP contribution in [0.3, 0.4) is 0 Å². The molecule has 0 aliphatic carbocycles. The molecule has 1 N–H and O–H groups in total. The van der Waals surface area contributed by atoms with Gasteiger partial charge in [0.05, 0.1) is 11.3 Å². The summed E-state index contributed by atoms with van der Waals surface area (Å²) in [4.78, 5) is 24.8. The zero-order chi connectivity index (χ0) is 13.4. The van der Waals surface area contributed by atoms with Crippen LogP contribution in [0.4, 0.5) is 10.1 Å². The number of anilines is 1. The molecule has 0 spiro atoms. The van der Waals surface area contributed by atoms with E-state index in [2.05, 4.69) is 15.9 Å². The minimum atomic E-state index is -0.713. The number of amides is 1. The van der Waals surface area contributed by atoms with E-state index >= 15 is 0 Å². The van der Waals surface area contributed by atoms with E-state index in [0.29, 0.717) is 10.2 Å². The summed E-state index contributed by atoms with van der Waals surface area (Å²) in [6, 6.07) is 2.27. The Morgan fingerprint density at radius 3 is 2.72 bits per heavy atom. The highest BCUT2D eigenvalue weighted by molar-refractivity contribution is 9.10. The fraction of sp³-hybridized carbons (Fsp3) is 0.333. The van der Waals surface area contributed by atoms with Crippen LogP contribution in [0.2, 0.25) is 0 Å². The van der Waals surface area contributed by atoms with Gasteiger partial charge in [0.1, 0.15) is 5.82 Å². The molecule has 0 fully saturated rings. The van der Waals surface area contributed by atoms with E-state index in [1.807, 2.05) is 0 Å². The molecule has 0 bridgehead atoms. The lowest BCUT2D eigenvalue weighted by molar-refractivity contribution is -0.114. The van der Waals surface area contributed by atoms with Gasteiger partial charge in [-0.3, -0.25) is 9.59 Å². The van der Waals surface area contributed by atoms with Crippen LogP contribution in [-0.2, 0) is 4.79 Å². The Labute approximate surface area is 112 Å². The van der Waals surface area contributed by atoms with Crippen LogP contribution in [0.25, 0.3) is 0 Å². The molecule has 0 aromatic heterocycles. The van der Waals surface area contributed by atoms with Crippen molar-refractivity contribution in [2.45, 2.75) is 6.92 Å². The number of nitrogens with zero attached hydrogens (tertiary/aromatic N) is 1. The predicted molar refractivity (Wildman–Crippen MR) is 67.0 cm³/mol. The Kier molecular flexibility index (Phi) is 3.49. The van der Waals surface area contributed by atoms with Gasteiger partial charge in [0.2, 0.25) is 0 Å². The maximum Gasteiger partial charge on any atom is 0.299 e. The Morgan fingerprint density at radius 2 is 2.11 bits per heavy atom. The molecular weight excluding hydrogens is 305 g/mol. The number of ketones is 1. The molecule has 6 heteroatoms. The van der Waals surface area contributed by atoms with Gasteiger partial charge in [0.15, 0.2) is 0 Å². The Morgan fingerprint density at radius 1 is 1.44 bits per heavy atom. The second kappa shape index (κ2) is 4.78. The molecule has 1 heterocycles. The van der Waals surface area contributed by atoms with Crippen molar-refractivity contribution in [3.05, 3.63) is 28.0 Å². The third kappa shape index (κ3) is 2.06. The highest BCUT2D eigenvalue weighted by Crippen LogP contribution is 2.37. The lowest BCUT2D eigenvalue weighted by atomic mass is 10.1. The number of rotatable bonds is 3. The smallest absolute Gasteiger partial charge is 0.299 e. The van der Waals surface area contributed by atoms with Crippen molar-refractivity contribution in [1.29, 1.82) is 0 Å². The highest BCUT2D eigenvalue weighted by Gasteiger charge is 2.38. The number of halogens is 2. The Hall–Kier alpha value is -1.27. The monoisotopic (exact) mass is 315 g/mol. The summed E-state index contributed by atoms with van der Waals surface area (Å²) >= 11 is 3.16. The summed E-state index contributed by atoms with van der Waals surface area (Å²) in [6.45, 7) is 1.89. The van der Waals surface area contributed by atoms with Gasteiger partial charge in [0, 0.05) is 17.6 Å². The number of aliphatic hydroxyl groups is 1. The van der Waals surface area contributed by atoms with Gasteiger partial charge in [0.25, 0.3) is 11.7 Å². The largest absolute Gasteiger partial charge is 0.396 e. The molecule has 0 saturated heterocycles. The number of hydrogen-bond donors (Lipinski definition) is 1. The molecule has 96 valence electrons. The molecule has 0 saturated carbocycles. The van der Waals surface area contributed by atoms with Crippen LogP contribution < -0.4 is 4.90 Å². The summed E-state index contributed by atoms with van der Waals surface area (Å²) in [5.74, 6) is -2.13. The number of carbonyl (C=O) groups excluding carboxylic acids is 2. The van der Waals surface area contributed by atoms with Crippen LogP contribution in [0, 0.1) is 11.7 Å². The molecule has 1 unspecified atom stereocenters. The highest BCUT2D eigenvalue weighted by atomic mass is 79.9. The van der Waals surface area contributed by atoms with E-state index in [0.717, 1.165) is 6.07 Å². The normalized spacial score (nSPS) is 16.1. The van der Waals surface area contributed by atoms with E-state index in [4.69, 9.17) is 5.11 Å². The quantitative estimate of drug-likeness (QED) is 0.864. The maximum atomic E-state index is 13.2. The summed E-state index contributed by atoms with van der Waals surface area (Å²) < 4.78 is 13.6. The Bertz CT molecular complexity index is 532. The minimum Gasteiger partial charge on any atom is -0.396 e. The average molecular weight is 316 g/mol. The molecule has 1 amide bonds. The molecule has 1 aromatic rings. The standard InChI is InChI=1S/C12H11BrFNO3/c1-6(5-16)4-15-10-8(11(17)12(15)18)2-7(14)3-9(10)13/h2-3,6,16H,4-5H2,1H3. The summed E-state index contributed by atoms with van der Waals surface area (Å²) in [6.07, 6.45) is 0. The van der Waals surface area contributed by atoms with Crippen molar-refractivity contribution in [2.24, 2.45) is 5.92 Å². The van der Waals surface area contributed by atoms with Crippen LogP contribution in [0.1, 0.15) is 17.3 Å². The third-order valence-corrected chi connectivity index (χ3v) is 3.39. The van der Waals surface area contributed by atoms with Crippen LogP contribution in [0.5, 0.6) is 0 Å². The van der Waals surface area contributed by atoms with Gasteiger partial charge in [-0.25, -0.2) is 4.39 Å². The fourth-order valence-electron chi connectivity index (χ4n) is 1.90. The molecule has 1 atom stereocenters. The van der Waals surface area contributed by atoms with Gasteiger partial charge >= 0.3 is 0 Å². The average Bonchev–Trinajstić information content (AvgIpc) is 2.54. The van der Waals surface area contributed by atoms with Crippen LogP contribution in [-0.4, -0.2) is 29.9 Å². The molecule has 1 aliphatic heterocycles. The molecular formula is C12H11BrFNO3. The molecule has 0 radical (unpaired) electrons. The second-order valence-electron chi connectivity index (χ2n) is 4.32. The SMILES string of the molecule is CC(CO)CN1C(=O)C(=O)c2cc(F)cc(Br)c21. The number of Topliss-reactive ketones (excluding diaryl/α,β-unsaturated/α-hetero) is 1. The summed E-state index contributed by atoms with van der Waals surface area (Å²) in [5.41, 5.74) is 0.448. The van der Waals surface area contributed by atoms with Crippen molar-refractivity contribution >= 4 is 33.3 Å². The zero-order valence-electron chi connectivity index (χ0n) is 9.61. The van der Waals surface area contributed by atoms with Gasteiger partial charge in [-0.15, -0.1) is 0 Å². The lowest BCUT2D eigenvalue weighted by Gasteiger charge is -2.20.